The summed E-state index contributed by atoms with van der Waals surface area (Å²) in [6.45, 7) is 5.27. The van der Waals surface area contributed by atoms with Crippen molar-refractivity contribution in [3.8, 4) is 6.07 Å². The molecule has 1 aliphatic heterocycles. The van der Waals surface area contributed by atoms with Crippen molar-refractivity contribution < 1.29 is 8.91 Å². The number of rotatable bonds is 5. The fourth-order valence-corrected chi connectivity index (χ4v) is 5.27. The third-order valence-electron chi connectivity index (χ3n) is 7.51. The minimum atomic E-state index is -0.385. The first-order valence-corrected chi connectivity index (χ1v) is 12.7. The van der Waals surface area contributed by atoms with Crippen LogP contribution in [0.2, 0.25) is 0 Å². The molecule has 10 nitrogen and oxygen atoms in total. The van der Waals surface area contributed by atoms with Crippen LogP contribution in [-0.2, 0) is 7.05 Å². The molecule has 4 aromatic rings. The quantitative estimate of drug-likeness (QED) is 0.395. The van der Waals surface area contributed by atoms with Crippen molar-refractivity contribution in [2.45, 2.75) is 50.7 Å². The van der Waals surface area contributed by atoms with Gasteiger partial charge in [-0.15, -0.1) is 0 Å². The summed E-state index contributed by atoms with van der Waals surface area (Å²) in [5.41, 5.74) is 1.87. The molecule has 1 saturated heterocycles. The highest BCUT2D eigenvalue weighted by molar-refractivity contribution is 5.86. The topological polar surface area (TPSA) is 117 Å². The molecule has 0 spiro atoms. The first-order chi connectivity index (χ1) is 18.3. The molecule has 6 rings (SSSR count). The predicted octanol–water partition coefficient (Wildman–Crippen LogP) is 3.29. The number of nitriles is 1. The summed E-state index contributed by atoms with van der Waals surface area (Å²) in [7, 11) is 1.65. The second kappa shape index (κ2) is 9.29. The molecule has 11 heteroatoms. The van der Waals surface area contributed by atoms with Gasteiger partial charge in [0.1, 0.15) is 29.1 Å². The van der Waals surface area contributed by atoms with E-state index in [0.29, 0.717) is 41.7 Å². The molecule has 4 heterocycles. The number of aromatic nitrogens is 5. The number of fused-ring (bicyclic) bond motifs is 1. The van der Waals surface area contributed by atoms with E-state index < -0.39 is 0 Å². The minimum absolute atomic E-state index is 0.0300. The lowest BCUT2D eigenvalue weighted by molar-refractivity contribution is 0.109. The monoisotopic (exact) mass is 514 g/mol. The number of pyridine rings is 1. The van der Waals surface area contributed by atoms with Crippen LogP contribution in [0.5, 0.6) is 0 Å². The summed E-state index contributed by atoms with van der Waals surface area (Å²) in [6.07, 6.45) is 2.12. The van der Waals surface area contributed by atoms with Crippen molar-refractivity contribution in [2.24, 2.45) is 7.05 Å². The molecule has 0 N–H and O–H groups in total. The Labute approximate surface area is 218 Å². The molecule has 1 saturated carbocycles. The zero-order chi connectivity index (χ0) is 26.6. The second-order valence-electron chi connectivity index (χ2n) is 10.2. The molecule has 0 bridgehead atoms. The standard InChI is InChI=1S/C27H27FN8O2/c1-15-14-36(25-22-21(34(3)27(37)32-25)11-10-20(12-29)30-22)16(2)13-35(15)23(17-6-8-19(28)9-7-17)26-31-24(33-38-26)18-4-5-18/h6-11,15-16,18,23H,4-5,13-14H2,1-3H3/t15-,16+,23?/m1/s1. The minimum Gasteiger partial charge on any atom is -0.349 e. The van der Waals surface area contributed by atoms with E-state index in [-0.39, 0.29) is 35.3 Å². The van der Waals surface area contributed by atoms with Crippen LogP contribution in [0.15, 0.2) is 45.7 Å². The van der Waals surface area contributed by atoms with E-state index in [1.54, 1.807) is 31.3 Å². The highest BCUT2D eigenvalue weighted by Crippen LogP contribution is 2.40. The van der Waals surface area contributed by atoms with E-state index in [1.807, 2.05) is 0 Å². The average molecular weight is 515 g/mol. The zero-order valence-electron chi connectivity index (χ0n) is 21.4. The van der Waals surface area contributed by atoms with Gasteiger partial charge in [0, 0.05) is 38.1 Å². The number of hydrogen-bond acceptors (Lipinski definition) is 9. The fourth-order valence-electron chi connectivity index (χ4n) is 5.27. The van der Waals surface area contributed by atoms with Gasteiger partial charge in [-0.2, -0.15) is 15.2 Å². The van der Waals surface area contributed by atoms with Crippen LogP contribution in [-0.4, -0.2) is 54.7 Å². The van der Waals surface area contributed by atoms with Crippen molar-refractivity contribution in [2.75, 3.05) is 18.0 Å². The van der Waals surface area contributed by atoms with Crippen molar-refractivity contribution >= 4 is 16.9 Å². The molecule has 194 valence electrons. The maximum absolute atomic E-state index is 13.8. The summed E-state index contributed by atoms with van der Waals surface area (Å²) in [5, 5.41) is 13.7. The second-order valence-corrected chi connectivity index (χ2v) is 10.2. The number of nitrogens with zero attached hydrogens (tertiary/aromatic N) is 8. The molecule has 3 aromatic heterocycles. The van der Waals surface area contributed by atoms with E-state index in [1.165, 1.54) is 16.7 Å². The lowest BCUT2D eigenvalue weighted by atomic mass is 9.99. The van der Waals surface area contributed by atoms with E-state index >= 15 is 0 Å². The van der Waals surface area contributed by atoms with Crippen molar-refractivity contribution in [1.29, 1.82) is 5.26 Å². The SMILES string of the molecule is C[C@@H]1CN(c2nc(=O)n(C)c3ccc(C#N)nc23)[C@@H](C)CN1C(c1ccc(F)cc1)c1nc(C2CC2)no1. The van der Waals surface area contributed by atoms with Crippen LogP contribution < -0.4 is 10.6 Å². The van der Waals surface area contributed by atoms with E-state index in [0.717, 1.165) is 24.2 Å². The Balaban J connectivity index is 1.38. The molecule has 0 radical (unpaired) electrons. The van der Waals surface area contributed by atoms with Gasteiger partial charge >= 0.3 is 5.69 Å². The first kappa shape index (κ1) is 24.2. The van der Waals surface area contributed by atoms with Crippen molar-refractivity contribution in [3.63, 3.8) is 0 Å². The van der Waals surface area contributed by atoms with E-state index in [9.17, 15) is 14.4 Å². The van der Waals surface area contributed by atoms with Crippen LogP contribution in [0.3, 0.4) is 0 Å². The van der Waals surface area contributed by atoms with Gasteiger partial charge in [0.05, 0.1) is 5.52 Å². The maximum Gasteiger partial charge on any atom is 0.349 e. The summed E-state index contributed by atoms with van der Waals surface area (Å²) in [6, 6.07) is 11.4. The Hall–Kier alpha value is -4.17. The fraction of sp³-hybridized carbons (Fsp3) is 0.407. The molecule has 2 aliphatic rings. The van der Waals surface area contributed by atoms with Crippen LogP contribution in [0, 0.1) is 17.1 Å². The smallest absolute Gasteiger partial charge is 0.349 e. The Bertz CT molecular complexity index is 1600. The lowest BCUT2D eigenvalue weighted by Crippen LogP contribution is -2.58. The lowest BCUT2D eigenvalue weighted by Gasteiger charge is -2.47. The summed E-state index contributed by atoms with van der Waals surface area (Å²) in [5.74, 6) is 1.72. The van der Waals surface area contributed by atoms with Crippen molar-refractivity contribution in [3.05, 3.63) is 75.7 Å². The highest BCUT2D eigenvalue weighted by Gasteiger charge is 2.39. The largest absolute Gasteiger partial charge is 0.349 e. The average Bonchev–Trinajstić information content (AvgIpc) is 3.66. The highest BCUT2D eigenvalue weighted by atomic mass is 19.1. The molecule has 1 aliphatic carbocycles. The van der Waals surface area contributed by atoms with Gasteiger partial charge in [0.2, 0.25) is 5.89 Å². The first-order valence-electron chi connectivity index (χ1n) is 12.7. The number of halogens is 1. The molecule has 1 unspecified atom stereocenters. The molecule has 1 aromatic carbocycles. The van der Waals surface area contributed by atoms with Crippen molar-refractivity contribution in [1.82, 2.24) is 29.6 Å². The van der Waals surface area contributed by atoms with E-state index in [2.05, 4.69) is 44.8 Å². The van der Waals surface area contributed by atoms with Crippen LogP contribution in [0.25, 0.3) is 11.0 Å². The Morgan fingerprint density at radius 1 is 1.05 bits per heavy atom. The molecule has 0 amide bonds. The summed E-state index contributed by atoms with van der Waals surface area (Å²) in [4.78, 5) is 30.7. The summed E-state index contributed by atoms with van der Waals surface area (Å²) < 4.78 is 21.0. The number of piperazine rings is 1. The van der Waals surface area contributed by atoms with Crippen LogP contribution in [0.4, 0.5) is 10.2 Å². The predicted molar refractivity (Wildman–Crippen MR) is 137 cm³/mol. The number of aryl methyl sites for hydroxylation is 1. The molecule has 2 fully saturated rings. The summed E-state index contributed by atoms with van der Waals surface area (Å²) >= 11 is 0. The Kier molecular flexibility index (Phi) is 5.91. The third kappa shape index (κ3) is 4.20. The van der Waals surface area contributed by atoms with Gasteiger partial charge in [-0.25, -0.2) is 14.2 Å². The Morgan fingerprint density at radius 2 is 1.82 bits per heavy atom. The Morgan fingerprint density at radius 3 is 2.53 bits per heavy atom. The zero-order valence-corrected chi connectivity index (χ0v) is 21.4. The molecule has 38 heavy (non-hydrogen) atoms. The van der Waals surface area contributed by atoms with E-state index in [4.69, 9.17) is 9.51 Å². The number of benzene rings is 1. The van der Waals surface area contributed by atoms with Gasteiger partial charge in [-0.05, 0) is 56.5 Å². The third-order valence-corrected chi connectivity index (χ3v) is 7.51. The molecular weight excluding hydrogens is 487 g/mol. The number of hydrogen-bond donors (Lipinski definition) is 0. The normalized spacial score (nSPS) is 21.0. The van der Waals surface area contributed by atoms with Crippen LogP contribution >= 0.6 is 0 Å². The van der Waals surface area contributed by atoms with Gasteiger partial charge in [0.25, 0.3) is 0 Å². The van der Waals surface area contributed by atoms with Gasteiger partial charge < -0.3 is 9.42 Å². The molecular formula is C27H27FN8O2. The van der Waals surface area contributed by atoms with Crippen LogP contribution in [0.1, 0.15) is 61.6 Å². The maximum atomic E-state index is 13.8. The number of anilines is 1. The van der Waals surface area contributed by atoms with Gasteiger partial charge in [0.15, 0.2) is 11.6 Å². The van der Waals surface area contributed by atoms with Gasteiger partial charge in [-0.3, -0.25) is 9.47 Å². The van der Waals surface area contributed by atoms with Gasteiger partial charge in [-0.1, -0.05) is 17.3 Å². The molecule has 3 atom stereocenters.